The van der Waals surface area contributed by atoms with E-state index in [1.54, 1.807) is 31.3 Å². The lowest BCUT2D eigenvalue weighted by molar-refractivity contribution is 0.0455. The summed E-state index contributed by atoms with van der Waals surface area (Å²) in [5, 5.41) is 0. The first-order valence-corrected chi connectivity index (χ1v) is 8.46. The molecule has 1 aliphatic rings. The highest BCUT2D eigenvalue weighted by Gasteiger charge is 2.42. The van der Waals surface area contributed by atoms with E-state index in [0.29, 0.717) is 12.2 Å². The molecule has 0 saturated heterocycles. The lowest BCUT2D eigenvalue weighted by Crippen LogP contribution is -2.57. The molecule has 7 heteroatoms. The number of nitrogen functional groups attached to an aromatic ring is 1. The second kappa shape index (κ2) is 5.92. The Hall–Kier alpha value is -1.15. The number of nitrogens with zero attached hydrogens (tertiary/aromatic N) is 2. The van der Waals surface area contributed by atoms with Crippen molar-refractivity contribution < 1.29 is 8.42 Å². The lowest BCUT2D eigenvalue weighted by Gasteiger charge is -2.48. The Labute approximate surface area is 126 Å². The Kier molecular flexibility index (Phi) is 4.57. The van der Waals surface area contributed by atoms with E-state index in [2.05, 4.69) is 10.3 Å². The molecule has 0 aliphatic heterocycles. The molecule has 0 atom stereocenters. The van der Waals surface area contributed by atoms with Gasteiger partial charge >= 0.3 is 0 Å². The van der Waals surface area contributed by atoms with Crippen LogP contribution in [0.25, 0.3) is 0 Å². The van der Waals surface area contributed by atoms with Gasteiger partial charge in [0.15, 0.2) is 0 Å². The van der Waals surface area contributed by atoms with E-state index in [1.807, 2.05) is 14.1 Å². The van der Waals surface area contributed by atoms with Crippen LogP contribution in [-0.2, 0) is 10.0 Å². The first-order valence-electron chi connectivity index (χ1n) is 7.02. The molecule has 0 radical (unpaired) electrons. The van der Waals surface area contributed by atoms with Crippen LogP contribution in [0.1, 0.15) is 19.3 Å². The highest BCUT2D eigenvalue weighted by Crippen LogP contribution is 2.37. The highest BCUT2D eigenvalue weighted by atomic mass is 32.2. The smallest absolute Gasteiger partial charge is 0.242 e. The van der Waals surface area contributed by atoms with Crippen molar-refractivity contribution in [3.63, 3.8) is 0 Å². The molecule has 1 aromatic carbocycles. The van der Waals surface area contributed by atoms with Crippen LogP contribution in [0.5, 0.6) is 0 Å². The average molecular weight is 312 g/mol. The minimum Gasteiger partial charge on any atom is -0.324 e. The summed E-state index contributed by atoms with van der Waals surface area (Å²) < 4.78 is 26.7. The quantitative estimate of drug-likeness (QED) is 0.607. The van der Waals surface area contributed by atoms with Crippen LogP contribution in [0.3, 0.4) is 0 Å². The van der Waals surface area contributed by atoms with E-state index in [0.717, 1.165) is 19.3 Å². The van der Waals surface area contributed by atoms with Crippen molar-refractivity contribution in [1.29, 1.82) is 0 Å². The molecule has 0 unspecified atom stereocenters. The zero-order valence-electron chi connectivity index (χ0n) is 12.8. The molecule has 6 nitrogen and oxygen atoms in total. The van der Waals surface area contributed by atoms with Gasteiger partial charge in [0.2, 0.25) is 10.0 Å². The van der Waals surface area contributed by atoms with Crippen LogP contribution < -0.4 is 11.3 Å². The standard InChI is InChI=1S/C14H24N4O2S/c1-17(2)14(9-4-10-14)11-18(3)21(19,20)13-7-5-12(16-15)6-8-13/h5-8,16H,4,9-11,15H2,1-3H3. The van der Waals surface area contributed by atoms with E-state index < -0.39 is 10.0 Å². The number of hydrogen-bond donors (Lipinski definition) is 2. The number of hydrogen-bond acceptors (Lipinski definition) is 5. The van der Waals surface area contributed by atoms with Gasteiger partial charge in [0.1, 0.15) is 0 Å². The van der Waals surface area contributed by atoms with Gasteiger partial charge in [-0.1, -0.05) is 0 Å². The minimum absolute atomic E-state index is 0.0272. The summed E-state index contributed by atoms with van der Waals surface area (Å²) in [6.45, 7) is 0.513. The maximum absolute atomic E-state index is 12.6. The van der Waals surface area contributed by atoms with Gasteiger partial charge in [0.25, 0.3) is 0 Å². The number of hydrazine groups is 1. The zero-order chi connectivity index (χ0) is 15.7. The van der Waals surface area contributed by atoms with Crippen LogP contribution in [0.2, 0.25) is 0 Å². The van der Waals surface area contributed by atoms with Crippen molar-refractivity contribution in [3.05, 3.63) is 24.3 Å². The number of nitrogens with two attached hydrogens (primary N) is 1. The molecular weight excluding hydrogens is 288 g/mol. The van der Waals surface area contributed by atoms with Crippen molar-refractivity contribution in [2.24, 2.45) is 5.84 Å². The molecule has 1 saturated carbocycles. The maximum atomic E-state index is 12.6. The van der Waals surface area contributed by atoms with Gasteiger partial charge in [-0.15, -0.1) is 0 Å². The fraction of sp³-hybridized carbons (Fsp3) is 0.571. The molecule has 118 valence electrons. The predicted molar refractivity (Wildman–Crippen MR) is 84.3 cm³/mol. The van der Waals surface area contributed by atoms with Gasteiger partial charge in [0.05, 0.1) is 4.90 Å². The summed E-state index contributed by atoms with van der Waals surface area (Å²) in [6.07, 6.45) is 3.23. The van der Waals surface area contributed by atoms with Gasteiger partial charge in [-0.2, -0.15) is 4.31 Å². The molecule has 1 aromatic rings. The number of nitrogens with one attached hydrogen (secondary N) is 1. The van der Waals surface area contributed by atoms with Gasteiger partial charge in [-0.05, 0) is 57.6 Å². The summed E-state index contributed by atoms with van der Waals surface area (Å²) in [5.41, 5.74) is 3.14. The maximum Gasteiger partial charge on any atom is 0.242 e. The Morgan fingerprint density at radius 3 is 2.14 bits per heavy atom. The molecule has 21 heavy (non-hydrogen) atoms. The summed E-state index contributed by atoms with van der Waals surface area (Å²) in [4.78, 5) is 2.43. The Balaban J connectivity index is 2.18. The van der Waals surface area contributed by atoms with Crippen molar-refractivity contribution >= 4 is 15.7 Å². The zero-order valence-corrected chi connectivity index (χ0v) is 13.7. The van der Waals surface area contributed by atoms with E-state index in [-0.39, 0.29) is 10.4 Å². The second-order valence-electron chi connectivity index (χ2n) is 5.90. The molecule has 0 heterocycles. The van der Waals surface area contributed by atoms with Gasteiger partial charge in [-0.3, -0.25) is 5.84 Å². The first-order chi connectivity index (χ1) is 9.82. The normalized spacial score (nSPS) is 17.8. The van der Waals surface area contributed by atoms with E-state index in [9.17, 15) is 8.42 Å². The number of rotatable bonds is 6. The molecule has 0 amide bonds. The van der Waals surface area contributed by atoms with E-state index in [4.69, 9.17) is 5.84 Å². The van der Waals surface area contributed by atoms with Crippen LogP contribution in [-0.4, -0.2) is 50.8 Å². The molecule has 0 aromatic heterocycles. The number of benzene rings is 1. The number of anilines is 1. The fourth-order valence-electron chi connectivity index (χ4n) is 2.73. The van der Waals surface area contributed by atoms with Crippen LogP contribution in [0.4, 0.5) is 5.69 Å². The third kappa shape index (κ3) is 3.06. The Morgan fingerprint density at radius 1 is 1.19 bits per heavy atom. The van der Waals surface area contributed by atoms with Crippen molar-refractivity contribution in [1.82, 2.24) is 9.21 Å². The monoisotopic (exact) mass is 312 g/mol. The average Bonchev–Trinajstić information content (AvgIpc) is 2.42. The van der Waals surface area contributed by atoms with Gasteiger partial charge < -0.3 is 10.3 Å². The number of sulfonamides is 1. The summed E-state index contributed by atoms with van der Waals surface area (Å²) in [5.74, 6) is 5.30. The second-order valence-corrected chi connectivity index (χ2v) is 7.95. The third-order valence-corrected chi connectivity index (χ3v) is 6.30. The molecule has 0 bridgehead atoms. The first kappa shape index (κ1) is 16.2. The fourth-order valence-corrected chi connectivity index (χ4v) is 3.98. The van der Waals surface area contributed by atoms with Crippen molar-refractivity contribution in [2.75, 3.05) is 33.1 Å². The number of likely N-dealkylation sites (N-methyl/N-ethyl adjacent to an activating group) is 2. The topological polar surface area (TPSA) is 78.7 Å². The predicted octanol–water partition coefficient (Wildman–Crippen LogP) is 1.08. The van der Waals surface area contributed by atoms with Crippen molar-refractivity contribution in [3.8, 4) is 0 Å². The van der Waals surface area contributed by atoms with E-state index >= 15 is 0 Å². The molecule has 1 aliphatic carbocycles. The minimum atomic E-state index is -3.47. The molecule has 0 spiro atoms. The molecule has 1 fully saturated rings. The third-order valence-electron chi connectivity index (χ3n) is 4.48. The van der Waals surface area contributed by atoms with Crippen LogP contribution in [0, 0.1) is 0 Å². The van der Waals surface area contributed by atoms with E-state index in [1.165, 1.54) is 4.31 Å². The summed E-state index contributed by atoms with van der Waals surface area (Å²) in [6, 6.07) is 6.46. The van der Waals surface area contributed by atoms with Crippen LogP contribution >= 0.6 is 0 Å². The molecular formula is C14H24N4O2S. The summed E-state index contributed by atoms with van der Waals surface area (Å²) >= 11 is 0. The van der Waals surface area contributed by atoms with Crippen molar-refractivity contribution in [2.45, 2.75) is 29.7 Å². The Morgan fingerprint density at radius 2 is 1.76 bits per heavy atom. The molecule has 2 rings (SSSR count). The van der Waals surface area contributed by atoms with Crippen LogP contribution in [0.15, 0.2) is 29.2 Å². The lowest BCUT2D eigenvalue weighted by atomic mass is 9.75. The SMILES string of the molecule is CN(C)C1(CN(C)S(=O)(=O)c2ccc(NN)cc2)CCC1. The molecule has 3 N–H and O–H groups in total. The van der Waals surface area contributed by atoms with Gasteiger partial charge in [-0.25, -0.2) is 8.42 Å². The highest BCUT2D eigenvalue weighted by molar-refractivity contribution is 7.89. The largest absolute Gasteiger partial charge is 0.324 e. The van der Waals surface area contributed by atoms with Gasteiger partial charge in [0, 0.05) is 24.8 Å². The Bertz CT molecular complexity index is 579. The summed E-state index contributed by atoms with van der Waals surface area (Å²) in [7, 11) is 2.21.